The normalized spacial score (nSPS) is 10.8. The van der Waals surface area contributed by atoms with Gasteiger partial charge < -0.3 is 5.11 Å². The lowest BCUT2D eigenvalue weighted by Crippen LogP contribution is -1.95. The molecule has 0 saturated heterocycles. The molecule has 0 heterocycles. The Labute approximate surface area is 115 Å². The number of carbonyl (C=O) groups excluding carboxylic acids is 1. The van der Waals surface area contributed by atoms with Crippen LogP contribution in [-0.4, -0.2) is 20.9 Å². The molecule has 0 fully saturated rings. The van der Waals surface area contributed by atoms with Gasteiger partial charge in [0, 0.05) is 18.7 Å². The van der Waals surface area contributed by atoms with E-state index in [1.807, 2.05) is 6.08 Å². The molecule has 0 bridgehead atoms. The van der Waals surface area contributed by atoms with Crippen LogP contribution in [0.5, 0.6) is 0 Å². The van der Waals surface area contributed by atoms with Gasteiger partial charge in [0.05, 0.1) is 17.1 Å². The number of allylic oxidation sites excluding steroid dienone is 1. The van der Waals surface area contributed by atoms with E-state index in [4.69, 9.17) is 5.11 Å². The number of aliphatic hydroxyl groups is 1. The predicted octanol–water partition coefficient (Wildman–Crippen LogP) is 2.77. The van der Waals surface area contributed by atoms with Gasteiger partial charge in [-0.15, -0.1) is 0 Å². The summed E-state index contributed by atoms with van der Waals surface area (Å²) in [6.45, 7) is 1.17. The summed E-state index contributed by atoms with van der Waals surface area (Å²) in [4.78, 5) is 21.0. The summed E-state index contributed by atoms with van der Waals surface area (Å²) in [5.41, 5.74) is 0.925. The number of nitro benzene ring substituents is 1. The summed E-state index contributed by atoms with van der Waals surface area (Å²) in [6, 6.07) is 4.69. The van der Waals surface area contributed by atoms with Crippen molar-refractivity contribution in [2.45, 2.75) is 20.0 Å². The molecular formula is C13H15NO4S. The van der Waals surface area contributed by atoms with Crippen LogP contribution in [-0.2, 0) is 11.4 Å². The molecular weight excluding hydrogens is 266 g/mol. The van der Waals surface area contributed by atoms with Crippen molar-refractivity contribution in [3.05, 3.63) is 45.5 Å². The van der Waals surface area contributed by atoms with Crippen molar-refractivity contribution < 1.29 is 14.8 Å². The first-order chi connectivity index (χ1) is 9.04. The van der Waals surface area contributed by atoms with Crippen LogP contribution in [0.1, 0.15) is 24.5 Å². The van der Waals surface area contributed by atoms with E-state index < -0.39 is 4.92 Å². The van der Waals surface area contributed by atoms with E-state index >= 15 is 0 Å². The summed E-state index contributed by atoms with van der Waals surface area (Å²) < 4.78 is 0. The van der Waals surface area contributed by atoms with E-state index in [1.165, 1.54) is 24.8 Å². The van der Waals surface area contributed by atoms with Gasteiger partial charge in [0.25, 0.3) is 5.69 Å². The molecule has 1 aromatic carbocycles. The minimum atomic E-state index is -0.505. The van der Waals surface area contributed by atoms with Crippen LogP contribution in [0.4, 0.5) is 5.69 Å². The van der Waals surface area contributed by atoms with Crippen molar-refractivity contribution in [3.8, 4) is 0 Å². The van der Waals surface area contributed by atoms with Crippen molar-refractivity contribution >= 4 is 28.6 Å². The first-order valence-corrected chi connectivity index (χ1v) is 6.71. The smallest absolute Gasteiger partial charge is 0.275 e. The molecule has 0 atom stereocenters. The van der Waals surface area contributed by atoms with Gasteiger partial charge in [-0.2, -0.15) is 0 Å². The van der Waals surface area contributed by atoms with Crippen molar-refractivity contribution in [2.75, 3.05) is 5.75 Å². The fourth-order valence-electron chi connectivity index (χ4n) is 1.48. The average molecular weight is 281 g/mol. The Morgan fingerprint density at radius 3 is 2.84 bits per heavy atom. The number of aliphatic hydroxyl groups excluding tert-OH is 1. The highest BCUT2D eigenvalue weighted by atomic mass is 32.2. The predicted molar refractivity (Wildman–Crippen MR) is 75.8 cm³/mol. The number of hydrogen-bond donors (Lipinski definition) is 1. The maximum Gasteiger partial charge on any atom is 0.275 e. The van der Waals surface area contributed by atoms with Gasteiger partial charge in [0.1, 0.15) is 0 Å². The van der Waals surface area contributed by atoms with Crippen LogP contribution >= 0.6 is 11.8 Å². The van der Waals surface area contributed by atoms with E-state index in [-0.39, 0.29) is 17.4 Å². The van der Waals surface area contributed by atoms with Crippen molar-refractivity contribution in [1.82, 2.24) is 0 Å². The summed E-state index contributed by atoms with van der Waals surface area (Å²) in [6.07, 6.45) is 4.36. The minimum absolute atomic E-state index is 0.0799. The number of benzene rings is 1. The lowest BCUT2D eigenvalue weighted by molar-refractivity contribution is -0.385. The van der Waals surface area contributed by atoms with E-state index in [0.717, 1.165) is 6.42 Å². The van der Waals surface area contributed by atoms with Crippen molar-refractivity contribution in [2.24, 2.45) is 0 Å². The first kappa shape index (κ1) is 15.4. The zero-order chi connectivity index (χ0) is 14.3. The molecule has 0 spiro atoms. The van der Waals surface area contributed by atoms with Gasteiger partial charge in [-0.25, -0.2) is 0 Å². The highest BCUT2D eigenvalue weighted by Gasteiger charge is 2.12. The Kier molecular flexibility index (Phi) is 6.24. The number of thioether (sulfide) groups is 1. The number of nitro groups is 1. The maximum atomic E-state index is 10.8. The van der Waals surface area contributed by atoms with E-state index in [1.54, 1.807) is 18.2 Å². The second-order valence-electron chi connectivity index (χ2n) is 3.83. The maximum absolute atomic E-state index is 10.8. The number of nitrogens with zero attached hydrogens (tertiary/aromatic N) is 1. The SMILES string of the molecule is CC(=O)SCCC=Cc1ccc(CO)c([N+](=O)[O-])c1. The van der Waals surface area contributed by atoms with Crippen LogP contribution in [0.15, 0.2) is 24.3 Å². The second-order valence-corrected chi connectivity index (χ2v) is 5.11. The Morgan fingerprint density at radius 1 is 1.53 bits per heavy atom. The molecule has 0 radical (unpaired) electrons. The number of rotatable bonds is 6. The second kappa shape index (κ2) is 7.70. The molecule has 1 rings (SSSR count). The highest BCUT2D eigenvalue weighted by Crippen LogP contribution is 2.21. The van der Waals surface area contributed by atoms with Gasteiger partial charge in [-0.1, -0.05) is 30.0 Å². The zero-order valence-electron chi connectivity index (χ0n) is 10.5. The van der Waals surface area contributed by atoms with Gasteiger partial charge in [-0.05, 0) is 18.1 Å². The molecule has 1 N–H and O–H groups in total. The lowest BCUT2D eigenvalue weighted by Gasteiger charge is -2.00. The number of carbonyl (C=O) groups is 1. The van der Waals surface area contributed by atoms with Crippen LogP contribution in [0.25, 0.3) is 6.08 Å². The summed E-state index contributed by atoms with van der Waals surface area (Å²) in [5.74, 6) is 0.697. The Hall–Kier alpha value is -1.66. The standard InChI is InChI=1S/C13H15NO4S/c1-10(16)19-7-3-2-4-11-5-6-12(9-15)13(8-11)14(17)18/h2,4-6,8,15H,3,7,9H2,1H3. The molecule has 102 valence electrons. The Balaban J connectivity index is 2.69. The fraction of sp³-hybridized carbons (Fsp3) is 0.308. The third-order valence-corrected chi connectivity index (χ3v) is 3.22. The first-order valence-electron chi connectivity index (χ1n) is 5.72. The van der Waals surface area contributed by atoms with Gasteiger partial charge in [-0.3, -0.25) is 14.9 Å². The average Bonchev–Trinajstić information content (AvgIpc) is 2.37. The molecule has 19 heavy (non-hydrogen) atoms. The van der Waals surface area contributed by atoms with Crippen LogP contribution in [0, 0.1) is 10.1 Å². The van der Waals surface area contributed by atoms with Gasteiger partial charge in [0.15, 0.2) is 5.12 Å². The summed E-state index contributed by atoms with van der Waals surface area (Å²) in [5, 5.41) is 19.9. The molecule has 6 heteroatoms. The van der Waals surface area contributed by atoms with Crippen LogP contribution in [0.2, 0.25) is 0 Å². The molecule has 0 unspecified atom stereocenters. The van der Waals surface area contributed by atoms with E-state index in [9.17, 15) is 14.9 Å². The molecule has 0 aliphatic carbocycles. The van der Waals surface area contributed by atoms with E-state index in [2.05, 4.69) is 0 Å². The molecule has 1 aromatic rings. The van der Waals surface area contributed by atoms with Crippen molar-refractivity contribution in [3.63, 3.8) is 0 Å². The van der Waals surface area contributed by atoms with Crippen molar-refractivity contribution in [1.29, 1.82) is 0 Å². The topological polar surface area (TPSA) is 80.4 Å². The van der Waals surface area contributed by atoms with Crippen LogP contribution < -0.4 is 0 Å². The number of hydrogen-bond acceptors (Lipinski definition) is 5. The van der Waals surface area contributed by atoms with Gasteiger partial charge in [0.2, 0.25) is 0 Å². The Bertz CT molecular complexity index is 499. The minimum Gasteiger partial charge on any atom is -0.391 e. The summed E-state index contributed by atoms with van der Waals surface area (Å²) >= 11 is 1.25. The quantitative estimate of drug-likeness (QED) is 0.492. The molecule has 5 nitrogen and oxygen atoms in total. The molecule has 0 aromatic heterocycles. The van der Waals surface area contributed by atoms with Crippen LogP contribution in [0.3, 0.4) is 0 Å². The summed E-state index contributed by atoms with van der Waals surface area (Å²) in [7, 11) is 0. The highest BCUT2D eigenvalue weighted by molar-refractivity contribution is 8.13. The third-order valence-electron chi connectivity index (χ3n) is 2.38. The lowest BCUT2D eigenvalue weighted by atomic mass is 10.1. The zero-order valence-corrected chi connectivity index (χ0v) is 11.4. The molecule has 0 saturated carbocycles. The van der Waals surface area contributed by atoms with Gasteiger partial charge >= 0.3 is 0 Å². The fourth-order valence-corrected chi connectivity index (χ4v) is 2.02. The molecule has 0 amide bonds. The molecule has 0 aliphatic rings. The molecule has 0 aliphatic heterocycles. The Morgan fingerprint density at radius 2 is 2.26 bits per heavy atom. The monoisotopic (exact) mass is 281 g/mol. The largest absolute Gasteiger partial charge is 0.391 e. The third kappa shape index (κ3) is 5.23. The van der Waals surface area contributed by atoms with E-state index in [0.29, 0.717) is 16.9 Å².